The first-order chi connectivity index (χ1) is 8.30. The second kappa shape index (κ2) is 6.71. The third kappa shape index (κ3) is 2.82. The molecule has 2 rings (SSSR count). The Bertz CT molecular complexity index is 367. The zero-order chi connectivity index (χ0) is 12.3. The molecule has 1 aliphatic heterocycles. The number of benzene rings is 1. The molecule has 1 aromatic rings. The number of hydrogen-bond acceptors (Lipinski definition) is 4. The molecule has 0 saturated carbocycles. The standard InChI is InChI=1S/C13H19NO3.ClH/c1-15-11-6-10(9-4-5-14-8-9)7-12(16-2)13(11)17-3;/h6-7,9,14H,4-5,8H2,1-3H3;1H. The van der Waals surface area contributed by atoms with Crippen LogP contribution in [-0.2, 0) is 0 Å². The Morgan fingerprint density at radius 3 is 2.06 bits per heavy atom. The molecule has 1 unspecified atom stereocenters. The van der Waals surface area contributed by atoms with Gasteiger partial charge in [0.25, 0.3) is 0 Å². The van der Waals surface area contributed by atoms with Crippen molar-refractivity contribution in [2.24, 2.45) is 0 Å². The Labute approximate surface area is 114 Å². The van der Waals surface area contributed by atoms with E-state index in [2.05, 4.69) is 5.32 Å². The van der Waals surface area contributed by atoms with E-state index in [0.29, 0.717) is 11.7 Å². The van der Waals surface area contributed by atoms with Crippen LogP contribution in [-0.4, -0.2) is 34.4 Å². The molecule has 4 nitrogen and oxygen atoms in total. The molecule has 1 N–H and O–H groups in total. The maximum Gasteiger partial charge on any atom is 0.203 e. The molecule has 1 aromatic carbocycles. The molecule has 0 aliphatic carbocycles. The average molecular weight is 274 g/mol. The van der Waals surface area contributed by atoms with E-state index < -0.39 is 0 Å². The second-order valence-corrected chi connectivity index (χ2v) is 4.15. The minimum Gasteiger partial charge on any atom is -0.493 e. The summed E-state index contributed by atoms with van der Waals surface area (Å²) in [7, 11) is 4.92. The maximum absolute atomic E-state index is 5.35. The Balaban J connectivity index is 0.00000162. The third-order valence-electron chi connectivity index (χ3n) is 3.22. The molecular formula is C13H20ClNO3. The number of rotatable bonds is 4. The molecule has 1 aliphatic rings. The number of ether oxygens (including phenoxy) is 3. The lowest BCUT2D eigenvalue weighted by molar-refractivity contribution is 0.323. The smallest absolute Gasteiger partial charge is 0.203 e. The van der Waals surface area contributed by atoms with Crippen LogP contribution >= 0.6 is 12.4 Å². The molecule has 0 spiro atoms. The normalized spacial score (nSPS) is 18.1. The van der Waals surface area contributed by atoms with Crippen LogP contribution in [0.5, 0.6) is 17.2 Å². The Morgan fingerprint density at radius 1 is 1.06 bits per heavy atom. The van der Waals surface area contributed by atoms with Gasteiger partial charge in [-0.25, -0.2) is 0 Å². The highest BCUT2D eigenvalue weighted by Crippen LogP contribution is 2.40. The van der Waals surface area contributed by atoms with E-state index in [1.807, 2.05) is 12.1 Å². The van der Waals surface area contributed by atoms with Crippen LogP contribution < -0.4 is 19.5 Å². The molecule has 1 heterocycles. The van der Waals surface area contributed by atoms with Crippen LogP contribution in [0.25, 0.3) is 0 Å². The minimum absolute atomic E-state index is 0. The first-order valence-electron chi connectivity index (χ1n) is 5.80. The zero-order valence-electron chi connectivity index (χ0n) is 11.0. The van der Waals surface area contributed by atoms with Gasteiger partial charge in [-0.3, -0.25) is 0 Å². The summed E-state index contributed by atoms with van der Waals surface area (Å²) in [5, 5.41) is 3.36. The van der Waals surface area contributed by atoms with Crippen molar-refractivity contribution in [3.05, 3.63) is 17.7 Å². The van der Waals surface area contributed by atoms with E-state index in [9.17, 15) is 0 Å². The second-order valence-electron chi connectivity index (χ2n) is 4.15. The molecule has 0 radical (unpaired) electrons. The van der Waals surface area contributed by atoms with Gasteiger partial charge < -0.3 is 19.5 Å². The van der Waals surface area contributed by atoms with Gasteiger partial charge in [0.05, 0.1) is 21.3 Å². The maximum atomic E-state index is 5.35. The highest BCUT2D eigenvalue weighted by atomic mass is 35.5. The molecular weight excluding hydrogens is 254 g/mol. The Kier molecular flexibility index (Phi) is 5.56. The first kappa shape index (κ1) is 14.9. The Morgan fingerprint density at radius 2 is 1.67 bits per heavy atom. The predicted molar refractivity (Wildman–Crippen MR) is 73.6 cm³/mol. The van der Waals surface area contributed by atoms with Crippen LogP contribution in [0.1, 0.15) is 17.9 Å². The molecule has 0 bridgehead atoms. The fourth-order valence-electron chi connectivity index (χ4n) is 2.28. The summed E-state index contributed by atoms with van der Waals surface area (Å²) in [6.07, 6.45) is 1.15. The van der Waals surface area contributed by atoms with Gasteiger partial charge in [0.2, 0.25) is 5.75 Å². The monoisotopic (exact) mass is 273 g/mol. The van der Waals surface area contributed by atoms with Crippen LogP contribution in [0.4, 0.5) is 0 Å². The quantitative estimate of drug-likeness (QED) is 0.913. The summed E-state index contributed by atoms with van der Waals surface area (Å²) in [6.45, 7) is 2.08. The van der Waals surface area contributed by atoms with Gasteiger partial charge in [-0.2, -0.15) is 0 Å². The lowest BCUT2D eigenvalue weighted by atomic mass is 9.97. The average Bonchev–Trinajstić information content (AvgIpc) is 2.90. The largest absolute Gasteiger partial charge is 0.493 e. The highest BCUT2D eigenvalue weighted by molar-refractivity contribution is 5.85. The highest BCUT2D eigenvalue weighted by Gasteiger charge is 2.21. The lowest BCUT2D eigenvalue weighted by Gasteiger charge is -2.16. The Hall–Kier alpha value is -1.13. The van der Waals surface area contributed by atoms with Crippen LogP contribution in [0.3, 0.4) is 0 Å². The summed E-state index contributed by atoms with van der Waals surface area (Å²) in [6, 6.07) is 4.08. The van der Waals surface area contributed by atoms with Crippen molar-refractivity contribution >= 4 is 12.4 Å². The summed E-state index contributed by atoms with van der Waals surface area (Å²) in [5.41, 5.74) is 1.24. The van der Waals surface area contributed by atoms with E-state index in [4.69, 9.17) is 14.2 Å². The van der Waals surface area contributed by atoms with E-state index >= 15 is 0 Å². The van der Waals surface area contributed by atoms with Crippen molar-refractivity contribution in [1.29, 1.82) is 0 Å². The molecule has 102 valence electrons. The van der Waals surface area contributed by atoms with E-state index in [0.717, 1.165) is 31.0 Å². The molecule has 0 amide bonds. The van der Waals surface area contributed by atoms with Gasteiger partial charge in [0.1, 0.15) is 0 Å². The van der Waals surface area contributed by atoms with Crippen molar-refractivity contribution in [1.82, 2.24) is 5.32 Å². The first-order valence-corrected chi connectivity index (χ1v) is 5.80. The van der Waals surface area contributed by atoms with Crippen LogP contribution in [0.15, 0.2) is 12.1 Å². The molecule has 1 fully saturated rings. The summed E-state index contributed by atoms with van der Waals surface area (Å²) in [4.78, 5) is 0. The molecule has 5 heteroatoms. The fourth-order valence-corrected chi connectivity index (χ4v) is 2.28. The fraction of sp³-hybridized carbons (Fsp3) is 0.538. The molecule has 0 aromatic heterocycles. The summed E-state index contributed by atoms with van der Waals surface area (Å²) < 4.78 is 16.0. The van der Waals surface area contributed by atoms with E-state index in [1.54, 1.807) is 21.3 Å². The number of methoxy groups -OCH3 is 3. The van der Waals surface area contributed by atoms with E-state index in [1.165, 1.54) is 5.56 Å². The van der Waals surface area contributed by atoms with Crippen molar-refractivity contribution in [2.45, 2.75) is 12.3 Å². The van der Waals surface area contributed by atoms with E-state index in [-0.39, 0.29) is 12.4 Å². The molecule has 1 atom stereocenters. The van der Waals surface area contributed by atoms with Gasteiger partial charge in [0.15, 0.2) is 11.5 Å². The van der Waals surface area contributed by atoms with Crippen molar-refractivity contribution in [2.75, 3.05) is 34.4 Å². The van der Waals surface area contributed by atoms with Crippen molar-refractivity contribution in [3.63, 3.8) is 0 Å². The molecule has 1 saturated heterocycles. The summed E-state index contributed by atoms with van der Waals surface area (Å²) >= 11 is 0. The predicted octanol–water partition coefficient (Wildman–Crippen LogP) is 2.21. The number of halogens is 1. The minimum atomic E-state index is 0. The molecule has 18 heavy (non-hydrogen) atoms. The topological polar surface area (TPSA) is 39.7 Å². The number of nitrogens with one attached hydrogen (secondary N) is 1. The van der Waals surface area contributed by atoms with Crippen molar-refractivity contribution < 1.29 is 14.2 Å². The van der Waals surface area contributed by atoms with Crippen LogP contribution in [0, 0.1) is 0 Å². The van der Waals surface area contributed by atoms with Gasteiger partial charge in [-0.15, -0.1) is 12.4 Å². The SMILES string of the molecule is COc1cc(C2CCNC2)cc(OC)c1OC.Cl. The summed E-state index contributed by atoms with van der Waals surface area (Å²) in [5.74, 6) is 2.65. The van der Waals surface area contributed by atoms with Gasteiger partial charge in [0, 0.05) is 6.54 Å². The van der Waals surface area contributed by atoms with Gasteiger partial charge in [-0.1, -0.05) is 0 Å². The van der Waals surface area contributed by atoms with Crippen molar-refractivity contribution in [3.8, 4) is 17.2 Å². The third-order valence-corrected chi connectivity index (χ3v) is 3.22. The van der Waals surface area contributed by atoms with Gasteiger partial charge in [-0.05, 0) is 36.6 Å². The number of hydrogen-bond donors (Lipinski definition) is 1. The van der Waals surface area contributed by atoms with Gasteiger partial charge >= 0.3 is 0 Å². The van der Waals surface area contributed by atoms with Crippen LogP contribution in [0.2, 0.25) is 0 Å². The zero-order valence-corrected chi connectivity index (χ0v) is 11.8. The lowest BCUT2D eigenvalue weighted by Crippen LogP contribution is -2.08.